The maximum atomic E-state index is 11.4. The lowest BCUT2D eigenvalue weighted by Crippen LogP contribution is -2.62. The number of nitrogens with one attached hydrogen (secondary N) is 2. The van der Waals surface area contributed by atoms with E-state index in [9.17, 15) is 4.79 Å². The van der Waals surface area contributed by atoms with E-state index >= 15 is 0 Å². The number of nitrogens with zero attached hydrogens (tertiary/aromatic N) is 1. The molecule has 2 saturated carbocycles. The van der Waals surface area contributed by atoms with Gasteiger partial charge in [-0.25, -0.2) is 0 Å². The Balaban J connectivity index is 1.87. The molecule has 1 saturated heterocycles. The van der Waals surface area contributed by atoms with Crippen LogP contribution in [0.5, 0.6) is 0 Å². The molecular weight excluding hydrogens is 270 g/mol. The van der Waals surface area contributed by atoms with E-state index in [4.69, 9.17) is 5.26 Å². The fourth-order valence-electron chi connectivity index (χ4n) is 3.17. The fourth-order valence-corrected chi connectivity index (χ4v) is 4.18. The molecule has 3 rings (SSSR count). The lowest BCUT2D eigenvalue weighted by Gasteiger charge is -2.36. The number of carbonyl (C=O) groups excluding carboxylic acids is 1. The molecule has 1 amide bonds. The second kappa shape index (κ2) is 3.44. The van der Waals surface area contributed by atoms with Crippen LogP contribution in [0.2, 0.25) is 0 Å². The monoisotopic (exact) mass is 283 g/mol. The first-order chi connectivity index (χ1) is 7.63. The third kappa shape index (κ3) is 1.47. The van der Waals surface area contributed by atoms with Crippen molar-refractivity contribution in [3.8, 4) is 6.07 Å². The Bertz CT molecular complexity index is 380. The molecule has 0 aromatic rings. The first-order valence-electron chi connectivity index (χ1n) is 5.75. The minimum atomic E-state index is 0.0480. The Morgan fingerprint density at radius 3 is 3.06 bits per heavy atom. The second-order valence-corrected chi connectivity index (χ2v) is 6.63. The molecule has 0 bridgehead atoms. The smallest absolute Gasteiger partial charge is 0.234 e. The summed E-state index contributed by atoms with van der Waals surface area (Å²) in [7, 11) is 0. The van der Waals surface area contributed by atoms with Gasteiger partial charge in [0.15, 0.2) is 0 Å². The van der Waals surface area contributed by atoms with E-state index in [-0.39, 0.29) is 28.2 Å². The molecule has 0 spiro atoms. The molecule has 16 heavy (non-hydrogen) atoms. The van der Waals surface area contributed by atoms with Crippen LogP contribution in [0, 0.1) is 23.2 Å². The predicted octanol–water partition coefficient (Wildman–Crippen LogP) is 0.530. The van der Waals surface area contributed by atoms with Gasteiger partial charge in [0.2, 0.25) is 5.91 Å². The zero-order valence-electron chi connectivity index (χ0n) is 8.87. The fraction of sp³-hybridized carbons (Fsp3) is 0.818. The zero-order valence-corrected chi connectivity index (χ0v) is 10.5. The van der Waals surface area contributed by atoms with Gasteiger partial charge in [0.1, 0.15) is 0 Å². The Labute approximate surface area is 103 Å². The first kappa shape index (κ1) is 10.5. The lowest BCUT2D eigenvalue weighted by molar-refractivity contribution is -0.123. The van der Waals surface area contributed by atoms with Crippen molar-refractivity contribution in [2.24, 2.45) is 11.8 Å². The number of rotatable bonds is 0. The van der Waals surface area contributed by atoms with Gasteiger partial charge in [-0.1, -0.05) is 15.9 Å². The molecular formula is C11H14BrN3O. The van der Waals surface area contributed by atoms with Gasteiger partial charge in [-0.2, -0.15) is 5.26 Å². The van der Waals surface area contributed by atoms with E-state index in [1.165, 1.54) is 0 Å². The summed E-state index contributed by atoms with van der Waals surface area (Å²) in [5.41, 5.74) is 0. The highest BCUT2D eigenvalue weighted by Crippen LogP contribution is 2.59. The molecule has 5 atom stereocenters. The van der Waals surface area contributed by atoms with Crippen molar-refractivity contribution >= 4 is 21.8 Å². The van der Waals surface area contributed by atoms with Gasteiger partial charge < -0.3 is 10.6 Å². The average molecular weight is 284 g/mol. The largest absolute Gasteiger partial charge is 0.349 e. The van der Waals surface area contributed by atoms with Crippen molar-refractivity contribution in [2.45, 2.75) is 35.7 Å². The quantitative estimate of drug-likeness (QED) is 0.638. The Morgan fingerprint density at radius 2 is 2.31 bits per heavy atom. The predicted molar refractivity (Wildman–Crippen MR) is 61.8 cm³/mol. The zero-order chi connectivity index (χ0) is 11.3. The Kier molecular flexibility index (Phi) is 2.27. The molecule has 0 radical (unpaired) electrons. The number of fused-ring (bicyclic) bond motifs is 3. The van der Waals surface area contributed by atoms with Crippen LogP contribution in [0.25, 0.3) is 0 Å². The maximum absolute atomic E-state index is 11.4. The van der Waals surface area contributed by atoms with E-state index in [1.807, 2.05) is 0 Å². The summed E-state index contributed by atoms with van der Waals surface area (Å²) in [5, 5.41) is 15.4. The van der Waals surface area contributed by atoms with Crippen molar-refractivity contribution in [2.75, 3.05) is 6.54 Å². The van der Waals surface area contributed by atoms with Crippen LogP contribution in [0.1, 0.15) is 19.3 Å². The SMILES string of the molecule is N#CC1CC2NCC(=O)NC2C2(Br)CC2C1. The summed E-state index contributed by atoms with van der Waals surface area (Å²) in [4.78, 5) is 11.4. The summed E-state index contributed by atoms with van der Waals surface area (Å²) in [6.07, 6.45) is 2.89. The van der Waals surface area contributed by atoms with Gasteiger partial charge in [-0.15, -0.1) is 0 Å². The number of hydrogen-bond donors (Lipinski definition) is 2. The minimum Gasteiger partial charge on any atom is -0.349 e. The van der Waals surface area contributed by atoms with Gasteiger partial charge in [-0.3, -0.25) is 4.79 Å². The highest BCUT2D eigenvalue weighted by Gasteiger charge is 2.62. The lowest BCUT2D eigenvalue weighted by atomic mass is 9.93. The van der Waals surface area contributed by atoms with E-state index in [0.717, 1.165) is 19.3 Å². The highest BCUT2D eigenvalue weighted by molar-refractivity contribution is 9.10. The minimum absolute atomic E-state index is 0.0480. The molecule has 2 aliphatic carbocycles. The van der Waals surface area contributed by atoms with Gasteiger partial charge in [0.25, 0.3) is 0 Å². The summed E-state index contributed by atoms with van der Waals surface area (Å²) < 4.78 is 0.0480. The van der Waals surface area contributed by atoms with Crippen LogP contribution in [0.3, 0.4) is 0 Å². The normalized spacial score (nSPS) is 50.4. The van der Waals surface area contributed by atoms with E-state index in [2.05, 4.69) is 32.6 Å². The number of carbonyl (C=O) groups is 1. The van der Waals surface area contributed by atoms with E-state index in [0.29, 0.717) is 12.5 Å². The van der Waals surface area contributed by atoms with Crippen molar-refractivity contribution in [3.63, 3.8) is 0 Å². The molecule has 0 aromatic carbocycles. The number of piperazine rings is 1. The van der Waals surface area contributed by atoms with Gasteiger partial charge in [0.05, 0.1) is 23.0 Å². The second-order valence-electron chi connectivity index (χ2n) is 5.16. The molecule has 2 N–H and O–H groups in total. The molecule has 4 nitrogen and oxygen atoms in total. The number of amides is 1. The van der Waals surface area contributed by atoms with Gasteiger partial charge in [0, 0.05) is 12.0 Å². The molecule has 3 aliphatic rings. The van der Waals surface area contributed by atoms with E-state index in [1.54, 1.807) is 0 Å². The first-order valence-corrected chi connectivity index (χ1v) is 6.54. The summed E-state index contributed by atoms with van der Waals surface area (Å²) in [5.74, 6) is 0.746. The number of halogens is 1. The summed E-state index contributed by atoms with van der Waals surface area (Å²) >= 11 is 3.78. The summed E-state index contributed by atoms with van der Waals surface area (Å²) in [6.45, 7) is 0.382. The third-order valence-electron chi connectivity index (χ3n) is 4.13. The van der Waals surface area contributed by atoms with Crippen molar-refractivity contribution in [3.05, 3.63) is 0 Å². The Morgan fingerprint density at radius 1 is 1.50 bits per heavy atom. The van der Waals surface area contributed by atoms with Crippen LogP contribution >= 0.6 is 15.9 Å². The standard InChI is InChI=1S/C11H14BrN3O/c12-11-3-7(11)1-6(4-13)2-8-10(11)15-9(16)5-14-8/h6-8,10,14H,1-3,5H2,(H,15,16). The Hall–Kier alpha value is -0.600. The van der Waals surface area contributed by atoms with Crippen molar-refractivity contribution < 1.29 is 4.79 Å². The summed E-state index contributed by atoms with van der Waals surface area (Å²) in [6, 6.07) is 2.78. The molecule has 5 unspecified atom stereocenters. The van der Waals surface area contributed by atoms with Crippen LogP contribution < -0.4 is 10.6 Å². The molecule has 0 aromatic heterocycles. The average Bonchev–Trinajstić information content (AvgIpc) is 2.92. The van der Waals surface area contributed by atoms with Crippen molar-refractivity contribution in [1.82, 2.24) is 10.6 Å². The van der Waals surface area contributed by atoms with Gasteiger partial charge in [-0.05, 0) is 25.2 Å². The molecule has 1 aliphatic heterocycles. The number of nitriles is 1. The number of hydrogen-bond acceptors (Lipinski definition) is 3. The third-order valence-corrected chi connectivity index (χ3v) is 5.59. The topological polar surface area (TPSA) is 64.9 Å². The van der Waals surface area contributed by atoms with Crippen LogP contribution in [0.4, 0.5) is 0 Å². The molecule has 3 fully saturated rings. The van der Waals surface area contributed by atoms with E-state index < -0.39 is 0 Å². The van der Waals surface area contributed by atoms with Gasteiger partial charge >= 0.3 is 0 Å². The molecule has 1 heterocycles. The highest BCUT2D eigenvalue weighted by atomic mass is 79.9. The molecule has 86 valence electrons. The number of alkyl halides is 1. The van der Waals surface area contributed by atoms with Crippen molar-refractivity contribution in [1.29, 1.82) is 5.26 Å². The van der Waals surface area contributed by atoms with Crippen LogP contribution in [-0.4, -0.2) is 28.9 Å². The van der Waals surface area contributed by atoms with Crippen LogP contribution in [-0.2, 0) is 4.79 Å². The maximum Gasteiger partial charge on any atom is 0.234 e. The van der Waals surface area contributed by atoms with Crippen LogP contribution in [0.15, 0.2) is 0 Å². The molecule has 5 heteroatoms.